The quantitative estimate of drug-likeness (QED) is 0.423. The number of nitrogens with zero attached hydrogens (tertiary/aromatic N) is 5. The number of fused-ring (bicyclic) bond motifs is 1. The fraction of sp³-hybridized carbons (Fsp3) is 0.364. The Morgan fingerprint density at radius 1 is 1.19 bits per heavy atom. The minimum absolute atomic E-state index is 0.248. The number of hydrogen-bond acceptors (Lipinski definition) is 6. The number of nitrogens with two attached hydrogens (primary N) is 1. The zero-order valence-electron chi connectivity index (χ0n) is 17.5. The van der Waals surface area contributed by atoms with E-state index in [1.807, 2.05) is 23.0 Å². The number of H-pyrrole nitrogens is 1. The molecule has 1 aliphatic carbocycles. The molecular weight excluding hydrogens is 392 g/mol. The minimum Gasteiger partial charge on any atom is -0.382 e. The summed E-state index contributed by atoms with van der Waals surface area (Å²) in [6.07, 6.45) is 7.90. The first-order chi connectivity index (χ1) is 15.1. The number of rotatable bonds is 7. The highest BCUT2D eigenvalue weighted by molar-refractivity contribution is 5.81. The zero-order chi connectivity index (χ0) is 21.4. The van der Waals surface area contributed by atoms with Crippen molar-refractivity contribution >= 4 is 17.0 Å². The van der Waals surface area contributed by atoms with Gasteiger partial charge in [-0.1, -0.05) is 30.7 Å². The van der Waals surface area contributed by atoms with E-state index in [0.29, 0.717) is 29.6 Å². The molecule has 4 aromatic rings. The van der Waals surface area contributed by atoms with Gasteiger partial charge < -0.3 is 16.0 Å². The molecule has 0 radical (unpaired) electrons. The van der Waals surface area contributed by atoms with Gasteiger partial charge in [0.05, 0.1) is 19.3 Å². The molecule has 0 aliphatic heterocycles. The molecule has 0 unspecified atom stereocenters. The van der Waals surface area contributed by atoms with E-state index in [-0.39, 0.29) is 11.5 Å². The predicted octanol–water partition coefficient (Wildman–Crippen LogP) is 2.06. The highest BCUT2D eigenvalue weighted by atomic mass is 16.1. The number of aromatic nitrogens is 6. The topological polar surface area (TPSA) is 119 Å². The lowest BCUT2D eigenvalue weighted by Gasteiger charge is -2.26. The van der Waals surface area contributed by atoms with Crippen LogP contribution >= 0.6 is 0 Å². The summed E-state index contributed by atoms with van der Waals surface area (Å²) in [7, 11) is 0. The van der Waals surface area contributed by atoms with Gasteiger partial charge in [0.2, 0.25) is 0 Å². The molecule has 0 amide bonds. The van der Waals surface area contributed by atoms with Crippen LogP contribution in [0.25, 0.3) is 22.3 Å². The van der Waals surface area contributed by atoms with Crippen molar-refractivity contribution in [2.45, 2.75) is 45.3 Å². The molecule has 0 saturated heterocycles. The molecule has 0 bridgehead atoms. The van der Waals surface area contributed by atoms with E-state index < -0.39 is 0 Å². The summed E-state index contributed by atoms with van der Waals surface area (Å²) in [6, 6.07) is 8.84. The maximum absolute atomic E-state index is 12.4. The molecule has 4 N–H and O–H groups in total. The second kappa shape index (κ2) is 7.99. The third-order valence-electron chi connectivity index (χ3n) is 5.90. The monoisotopic (exact) mass is 418 g/mol. The first kappa shape index (κ1) is 19.5. The van der Waals surface area contributed by atoms with Crippen LogP contribution in [0, 0.1) is 6.92 Å². The number of anilines is 1. The van der Waals surface area contributed by atoms with Gasteiger partial charge in [0.25, 0.3) is 0 Å². The lowest BCUT2D eigenvalue weighted by molar-refractivity contribution is 0.332. The predicted molar refractivity (Wildman–Crippen MR) is 120 cm³/mol. The Balaban J connectivity index is 1.29. The molecule has 1 fully saturated rings. The van der Waals surface area contributed by atoms with Crippen LogP contribution < -0.4 is 16.7 Å². The van der Waals surface area contributed by atoms with E-state index >= 15 is 0 Å². The summed E-state index contributed by atoms with van der Waals surface area (Å²) in [5.74, 6) is 0.821. The van der Waals surface area contributed by atoms with E-state index in [9.17, 15) is 4.79 Å². The summed E-state index contributed by atoms with van der Waals surface area (Å²) in [4.78, 5) is 23.7. The summed E-state index contributed by atoms with van der Waals surface area (Å²) in [6.45, 7) is 3.97. The van der Waals surface area contributed by atoms with Crippen molar-refractivity contribution in [3.05, 3.63) is 58.5 Å². The Labute approximate surface area is 179 Å². The summed E-state index contributed by atoms with van der Waals surface area (Å²) < 4.78 is 3.56. The molecule has 3 heterocycles. The second-order valence-electron chi connectivity index (χ2n) is 8.14. The highest BCUT2D eigenvalue weighted by Crippen LogP contribution is 2.21. The minimum atomic E-state index is -0.248. The molecule has 1 aliphatic rings. The van der Waals surface area contributed by atoms with Gasteiger partial charge in [-0.15, -0.1) is 0 Å². The van der Waals surface area contributed by atoms with Crippen LogP contribution in [0.15, 0.2) is 41.5 Å². The smallest absolute Gasteiger partial charge is 0.328 e. The lowest BCUT2D eigenvalue weighted by Crippen LogP contribution is -2.37. The number of aromatic amines is 1. The van der Waals surface area contributed by atoms with Gasteiger partial charge in [0.15, 0.2) is 11.5 Å². The van der Waals surface area contributed by atoms with Crippen molar-refractivity contribution in [1.29, 1.82) is 0 Å². The van der Waals surface area contributed by atoms with E-state index in [1.54, 1.807) is 11.5 Å². The molecular formula is C22H26N8O. The molecule has 0 atom stereocenters. The zero-order valence-corrected chi connectivity index (χ0v) is 17.5. The van der Waals surface area contributed by atoms with Gasteiger partial charge in [-0.25, -0.2) is 14.8 Å². The van der Waals surface area contributed by atoms with Crippen molar-refractivity contribution in [3.8, 4) is 11.1 Å². The summed E-state index contributed by atoms with van der Waals surface area (Å²) in [5, 5.41) is 8.04. The van der Waals surface area contributed by atoms with Crippen LogP contribution in [0.3, 0.4) is 0 Å². The Morgan fingerprint density at radius 3 is 2.74 bits per heavy atom. The van der Waals surface area contributed by atoms with E-state index in [0.717, 1.165) is 29.8 Å². The average Bonchev–Trinajstić information content (AvgIpc) is 3.30. The van der Waals surface area contributed by atoms with E-state index in [2.05, 4.69) is 43.7 Å². The number of hydrogen-bond donors (Lipinski definition) is 3. The van der Waals surface area contributed by atoms with Crippen molar-refractivity contribution in [2.24, 2.45) is 0 Å². The van der Waals surface area contributed by atoms with Gasteiger partial charge >= 0.3 is 5.69 Å². The van der Waals surface area contributed by atoms with Crippen LogP contribution in [0.1, 0.15) is 30.7 Å². The van der Waals surface area contributed by atoms with Crippen molar-refractivity contribution < 1.29 is 0 Å². The van der Waals surface area contributed by atoms with Gasteiger partial charge in [0, 0.05) is 24.3 Å². The fourth-order valence-electron chi connectivity index (χ4n) is 3.93. The maximum Gasteiger partial charge on any atom is 0.328 e. The maximum atomic E-state index is 12.4. The third kappa shape index (κ3) is 3.96. The molecule has 3 aromatic heterocycles. The molecule has 160 valence electrons. The molecule has 1 saturated carbocycles. The first-order valence-electron chi connectivity index (χ1n) is 10.6. The van der Waals surface area contributed by atoms with Crippen molar-refractivity contribution in [2.75, 3.05) is 12.3 Å². The number of imidazole rings is 1. The average molecular weight is 419 g/mol. The number of benzene rings is 1. The normalized spacial score (nSPS) is 14.2. The molecule has 9 nitrogen and oxygen atoms in total. The van der Waals surface area contributed by atoms with Gasteiger partial charge in [-0.05, 0) is 30.9 Å². The van der Waals surface area contributed by atoms with E-state index in [4.69, 9.17) is 5.73 Å². The fourth-order valence-corrected chi connectivity index (χ4v) is 3.93. The Kier molecular flexibility index (Phi) is 5.03. The van der Waals surface area contributed by atoms with Gasteiger partial charge in [-0.2, -0.15) is 5.10 Å². The standard InChI is InChI=1S/C22H26N8O/c1-14-26-20(23)19-21(27-14)30(22(31)28-19)12-15-5-7-16(8-6-15)17-11-25-29(13-17)10-9-24-18-3-2-4-18/h5-8,11,13,18,24H,2-4,9-10,12H2,1H3,(H,28,31)(H2,23,26,27). The molecule has 1 aromatic carbocycles. The van der Waals surface area contributed by atoms with Gasteiger partial charge in [-0.3, -0.25) is 9.25 Å². The van der Waals surface area contributed by atoms with E-state index in [1.165, 1.54) is 19.3 Å². The van der Waals surface area contributed by atoms with Crippen LogP contribution in [0.5, 0.6) is 0 Å². The van der Waals surface area contributed by atoms with Crippen LogP contribution in [0.2, 0.25) is 0 Å². The Morgan fingerprint density at radius 2 is 2.00 bits per heavy atom. The third-order valence-corrected chi connectivity index (χ3v) is 5.90. The van der Waals surface area contributed by atoms with Crippen molar-refractivity contribution in [1.82, 2.24) is 34.6 Å². The van der Waals surface area contributed by atoms with Crippen LogP contribution in [0.4, 0.5) is 5.82 Å². The van der Waals surface area contributed by atoms with Crippen molar-refractivity contribution in [3.63, 3.8) is 0 Å². The SMILES string of the molecule is Cc1nc(N)c2[nH]c(=O)n(Cc3ccc(-c4cnn(CCNC5CCC5)c4)cc3)c2n1. The largest absolute Gasteiger partial charge is 0.382 e. The van der Waals surface area contributed by atoms with Gasteiger partial charge in [0.1, 0.15) is 11.3 Å². The molecule has 5 rings (SSSR count). The first-order valence-corrected chi connectivity index (χ1v) is 10.6. The summed E-state index contributed by atoms with van der Waals surface area (Å²) >= 11 is 0. The second-order valence-corrected chi connectivity index (χ2v) is 8.14. The van der Waals surface area contributed by atoms with Crippen LogP contribution in [-0.4, -0.2) is 41.9 Å². The number of nitrogens with one attached hydrogen (secondary N) is 2. The highest BCUT2D eigenvalue weighted by Gasteiger charge is 2.16. The Hall–Kier alpha value is -3.46. The molecule has 9 heteroatoms. The lowest BCUT2D eigenvalue weighted by atomic mass is 9.93. The molecule has 31 heavy (non-hydrogen) atoms. The Bertz CT molecular complexity index is 1260. The number of aryl methyl sites for hydroxylation is 1. The molecule has 0 spiro atoms. The summed E-state index contributed by atoms with van der Waals surface area (Å²) in [5.41, 5.74) is 9.85. The van der Waals surface area contributed by atoms with Crippen LogP contribution in [-0.2, 0) is 13.1 Å². The number of nitrogen functional groups attached to an aromatic ring is 1.